The fourth-order valence-electron chi connectivity index (χ4n) is 2.85. The molecule has 1 unspecified atom stereocenters. The molecule has 0 aliphatic carbocycles. The van der Waals surface area contributed by atoms with E-state index in [1.807, 2.05) is 18.2 Å². The monoisotopic (exact) mass is 370 g/mol. The van der Waals surface area contributed by atoms with Crippen LogP contribution in [-0.2, 0) is 22.6 Å². The van der Waals surface area contributed by atoms with Crippen molar-refractivity contribution in [3.05, 3.63) is 59.2 Å². The Morgan fingerprint density at radius 1 is 1.19 bits per heavy atom. The highest BCUT2D eigenvalue weighted by molar-refractivity contribution is 6.35. The standard InChI is InChI=1S/C20H22N2O5/c1-26-16-4-2-3-13(9-16)11-21-19(24)20(25)22-12-17(23)14-5-6-18-15(10-14)7-8-27-18/h2-6,9-10,17,23H,7-8,11-12H2,1H3,(H,21,24)(H,22,25). The van der Waals surface area contributed by atoms with Gasteiger partial charge in [-0.25, -0.2) is 0 Å². The van der Waals surface area contributed by atoms with Gasteiger partial charge in [-0.15, -0.1) is 0 Å². The van der Waals surface area contributed by atoms with Crippen molar-refractivity contribution < 1.29 is 24.2 Å². The fraction of sp³-hybridized carbons (Fsp3) is 0.300. The number of benzene rings is 2. The third kappa shape index (κ3) is 4.77. The highest BCUT2D eigenvalue weighted by Crippen LogP contribution is 2.27. The first-order chi connectivity index (χ1) is 13.1. The van der Waals surface area contributed by atoms with Gasteiger partial charge in [0.05, 0.1) is 19.8 Å². The molecule has 0 saturated carbocycles. The van der Waals surface area contributed by atoms with Gasteiger partial charge in [0.2, 0.25) is 0 Å². The van der Waals surface area contributed by atoms with Gasteiger partial charge in [-0.3, -0.25) is 9.59 Å². The molecule has 2 aromatic rings. The molecule has 2 amide bonds. The van der Waals surface area contributed by atoms with Crippen molar-refractivity contribution in [2.45, 2.75) is 19.1 Å². The van der Waals surface area contributed by atoms with Gasteiger partial charge in [0, 0.05) is 19.5 Å². The van der Waals surface area contributed by atoms with Crippen molar-refractivity contribution in [1.82, 2.24) is 10.6 Å². The number of aliphatic hydroxyl groups is 1. The third-order valence-corrected chi connectivity index (χ3v) is 4.35. The normalized spacial score (nSPS) is 13.3. The number of hydrogen-bond acceptors (Lipinski definition) is 5. The van der Waals surface area contributed by atoms with Crippen molar-refractivity contribution in [2.75, 3.05) is 20.3 Å². The zero-order chi connectivity index (χ0) is 19.2. The van der Waals surface area contributed by atoms with Crippen molar-refractivity contribution in [3.63, 3.8) is 0 Å². The number of methoxy groups -OCH3 is 1. The molecule has 1 atom stereocenters. The molecule has 3 N–H and O–H groups in total. The molecule has 7 heteroatoms. The van der Waals surface area contributed by atoms with Crippen molar-refractivity contribution in [1.29, 1.82) is 0 Å². The Kier molecular flexibility index (Phi) is 5.93. The minimum Gasteiger partial charge on any atom is -0.497 e. The summed E-state index contributed by atoms with van der Waals surface area (Å²) in [6, 6.07) is 12.6. The van der Waals surface area contributed by atoms with E-state index >= 15 is 0 Å². The third-order valence-electron chi connectivity index (χ3n) is 4.35. The Hall–Kier alpha value is -3.06. The van der Waals surface area contributed by atoms with Crippen LogP contribution in [0.2, 0.25) is 0 Å². The number of carbonyl (C=O) groups excluding carboxylic acids is 2. The molecule has 27 heavy (non-hydrogen) atoms. The highest BCUT2D eigenvalue weighted by Gasteiger charge is 2.18. The van der Waals surface area contributed by atoms with Crippen molar-refractivity contribution in [3.8, 4) is 11.5 Å². The van der Waals surface area contributed by atoms with Crippen LogP contribution in [0.25, 0.3) is 0 Å². The summed E-state index contributed by atoms with van der Waals surface area (Å²) in [5.74, 6) is -0.0465. The highest BCUT2D eigenvalue weighted by atomic mass is 16.5. The van der Waals surface area contributed by atoms with E-state index in [0.29, 0.717) is 17.9 Å². The SMILES string of the molecule is COc1cccc(CNC(=O)C(=O)NCC(O)c2ccc3c(c2)CCO3)c1. The Balaban J connectivity index is 1.47. The van der Waals surface area contributed by atoms with Gasteiger partial charge in [0.1, 0.15) is 11.5 Å². The summed E-state index contributed by atoms with van der Waals surface area (Å²) in [5, 5.41) is 15.2. The minimum atomic E-state index is -0.897. The van der Waals surface area contributed by atoms with Crippen LogP contribution in [0.15, 0.2) is 42.5 Å². The molecule has 142 valence electrons. The van der Waals surface area contributed by atoms with Crippen LogP contribution in [0.4, 0.5) is 0 Å². The van der Waals surface area contributed by atoms with Crippen LogP contribution in [-0.4, -0.2) is 37.2 Å². The Labute approximate surface area is 157 Å². The van der Waals surface area contributed by atoms with E-state index in [1.54, 1.807) is 31.4 Å². The van der Waals surface area contributed by atoms with E-state index in [1.165, 1.54) is 0 Å². The van der Waals surface area contributed by atoms with E-state index in [2.05, 4.69) is 10.6 Å². The number of fused-ring (bicyclic) bond motifs is 1. The second kappa shape index (κ2) is 8.55. The summed E-state index contributed by atoms with van der Waals surface area (Å²) < 4.78 is 10.5. The van der Waals surface area contributed by atoms with E-state index < -0.39 is 17.9 Å². The fourth-order valence-corrected chi connectivity index (χ4v) is 2.85. The first-order valence-corrected chi connectivity index (χ1v) is 8.69. The summed E-state index contributed by atoms with van der Waals surface area (Å²) in [7, 11) is 1.56. The summed E-state index contributed by atoms with van der Waals surface area (Å²) in [6.45, 7) is 0.793. The lowest BCUT2D eigenvalue weighted by Crippen LogP contribution is -2.41. The van der Waals surface area contributed by atoms with Crippen LogP contribution < -0.4 is 20.1 Å². The summed E-state index contributed by atoms with van der Waals surface area (Å²) >= 11 is 0. The topological polar surface area (TPSA) is 96.9 Å². The zero-order valence-corrected chi connectivity index (χ0v) is 15.0. The molecule has 7 nitrogen and oxygen atoms in total. The van der Waals surface area contributed by atoms with Crippen molar-refractivity contribution >= 4 is 11.8 Å². The Morgan fingerprint density at radius 2 is 2.00 bits per heavy atom. The van der Waals surface area contributed by atoms with Crippen LogP contribution in [0.5, 0.6) is 11.5 Å². The predicted octanol–water partition coefficient (Wildman–Crippen LogP) is 1.10. The molecule has 1 heterocycles. The maximum atomic E-state index is 11.9. The van der Waals surface area contributed by atoms with Gasteiger partial charge in [0.25, 0.3) is 0 Å². The Morgan fingerprint density at radius 3 is 2.81 bits per heavy atom. The summed E-state index contributed by atoms with van der Waals surface area (Å²) in [4.78, 5) is 23.9. The average molecular weight is 370 g/mol. The number of nitrogens with one attached hydrogen (secondary N) is 2. The first-order valence-electron chi connectivity index (χ1n) is 8.69. The summed E-state index contributed by atoms with van der Waals surface area (Å²) in [5.41, 5.74) is 2.53. The second-order valence-corrected chi connectivity index (χ2v) is 6.23. The molecule has 0 aromatic heterocycles. The molecule has 0 saturated heterocycles. The molecule has 0 fully saturated rings. The molecule has 1 aliphatic rings. The maximum absolute atomic E-state index is 11.9. The average Bonchev–Trinajstić information content (AvgIpc) is 3.17. The molecule has 0 spiro atoms. The van der Waals surface area contributed by atoms with Gasteiger partial charge in [-0.05, 0) is 41.0 Å². The number of ether oxygens (including phenoxy) is 2. The van der Waals surface area contributed by atoms with Gasteiger partial charge in [-0.2, -0.15) is 0 Å². The van der Waals surface area contributed by atoms with E-state index in [4.69, 9.17) is 9.47 Å². The van der Waals surface area contributed by atoms with Crippen LogP contribution in [0.3, 0.4) is 0 Å². The summed E-state index contributed by atoms with van der Waals surface area (Å²) in [6.07, 6.45) is -0.0967. The molecular formula is C20H22N2O5. The number of amides is 2. The lowest BCUT2D eigenvalue weighted by Gasteiger charge is -2.13. The van der Waals surface area contributed by atoms with Crippen molar-refractivity contribution in [2.24, 2.45) is 0 Å². The van der Waals surface area contributed by atoms with E-state index in [-0.39, 0.29) is 13.1 Å². The van der Waals surface area contributed by atoms with Crippen LogP contribution in [0.1, 0.15) is 22.8 Å². The second-order valence-electron chi connectivity index (χ2n) is 6.23. The lowest BCUT2D eigenvalue weighted by atomic mass is 10.0. The quantitative estimate of drug-likeness (QED) is 0.662. The largest absolute Gasteiger partial charge is 0.497 e. The Bertz CT molecular complexity index is 837. The smallest absolute Gasteiger partial charge is 0.309 e. The molecule has 3 rings (SSSR count). The number of rotatable bonds is 6. The number of carbonyl (C=O) groups is 2. The molecule has 0 radical (unpaired) electrons. The number of aliphatic hydroxyl groups excluding tert-OH is 1. The van der Waals surface area contributed by atoms with Gasteiger partial charge in [0.15, 0.2) is 0 Å². The predicted molar refractivity (Wildman–Crippen MR) is 98.5 cm³/mol. The zero-order valence-electron chi connectivity index (χ0n) is 15.0. The maximum Gasteiger partial charge on any atom is 0.309 e. The van der Waals surface area contributed by atoms with E-state index in [9.17, 15) is 14.7 Å². The number of hydrogen-bond donors (Lipinski definition) is 3. The van der Waals surface area contributed by atoms with Gasteiger partial charge >= 0.3 is 11.8 Å². The van der Waals surface area contributed by atoms with Gasteiger partial charge in [-0.1, -0.05) is 18.2 Å². The lowest BCUT2D eigenvalue weighted by molar-refractivity contribution is -0.139. The van der Waals surface area contributed by atoms with Gasteiger partial charge < -0.3 is 25.2 Å². The molecule has 1 aliphatic heterocycles. The van der Waals surface area contributed by atoms with E-state index in [0.717, 1.165) is 23.3 Å². The van der Waals surface area contributed by atoms with Crippen LogP contribution in [0, 0.1) is 0 Å². The molecular weight excluding hydrogens is 348 g/mol. The first kappa shape index (κ1) is 18.7. The minimum absolute atomic E-state index is 0.0505. The van der Waals surface area contributed by atoms with Crippen LogP contribution >= 0.6 is 0 Å². The molecule has 0 bridgehead atoms. The molecule has 2 aromatic carbocycles.